The van der Waals surface area contributed by atoms with Gasteiger partial charge >= 0.3 is 0 Å². The van der Waals surface area contributed by atoms with Gasteiger partial charge < -0.3 is 15.0 Å². The molecule has 118 valence electrons. The lowest BCUT2D eigenvalue weighted by Gasteiger charge is -2.29. The highest BCUT2D eigenvalue weighted by atomic mass is 16.5. The predicted octanol–water partition coefficient (Wildman–Crippen LogP) is 1.65. The zero-order chi connectivity index (χ0) is 14.4. The first-order valence-corrected chi connectivity index (χ1v) is 8.86. The first kappa shape index (κ1) is 14.0. The van der Waals surface area contributed by atoms with Gasteiger partial charge in [-0.25, -0.2) is 0 Å². The summed E-state index contributed by atoms with van der Waals surface area (Å²) in [6, 6.07) is 0. The summed E-state index contributed by atoms with van der Waals surface area (Å²) in [4.78, 5) is 14.8. The zero-order valence-corrected chi connectivity index (χ0v) is 13.1. The summed E-state index contributed by atoms with van der Waals surface area (Å²) >= 11 is 0. The number of ether oxygens (including phenoxy) is 1. The molecule has 0 aromatic carbocycles. The monoisotopic (exact) mass is 292 g/mol. The Balaban J connectivity index is 1.32. The molecule has 4 fully saturated rings. The standard InChI is InChI=1S/C17H28N2O2/c1-11(12-4-6-18-7-5-12)8-17(20)19-9-13-14(10-19)16-3-2-15(13)21-16/h11-16,18H,2-10H2,1H3. The molecule has 4 heteroatoms. The molecule has 4 heterocycles. The molecular formula is C17H28N2O2. The summed E-state index contributed by atoms with van der Waals surface area (Å²) in [6.45, 7) is 6.44. The van der Waals surface area contributed by atoms with Gasteiger partial charge in [0.25, 0.3) is 0 Å². The van der Waals surface area contributed by atoms with Gasteiger partial charge in [0, 0.05) is 31.3 Å². The summed E-state index contributed by atoms with van der Waals surface area (Å²) in [6.07, 6.45) is 6.58. The molecule has 1 N–H and O–H groups in total. The van der Waals surface area contributed by atoms with Crippen molar-refractivity contribution in [3.05, 3.63) is 0 Å². The molecule has 0 aromatic heterocycles. The van der Waals surface area contributed by atoms with Gasteiger partial charge in [0.15, 0.2) is 0 Å². The molecular weight excluding hydrogens is 264 g/mol. The largest absolute Gasteiger partial charge is 0.374 e. The molecule has 4 aliphatic rings. The Kier molecular flexibility index (Phi) is 3.70. The molecule has 0 spiro atoms. The maximum absolute atomic E-state index is 12.6. The van der Waals surface area contributed by atoms with Gasteiger partial charge in [0.2, 0.25) is 5.91 Å². The average Bonchev–Trinajstić information content (AvgIpc) is 3.20. The Morgan fingerprint density at radius 2 is 1.76 bits per heavy atom. The van der Waals surface area contributed by atoms with Crippen LogP contribution in [0, 0.1) is 23.7 Å². The minimum absolute atomic E-state index is 0.398. The molecule has 0 aromatic rings. The number of hydrogen-bond acceptors (Lipinski definition) is 3. The van der Waals surface area contributed by atoms with Crippen molar-refractivity contribution in [3.8, 4) is 0 Å². The van der Waals surface area contributed by atoms with Crippen LogP contribution in [0.25, 0.3) is 0 Å². The van der Waals surface area contributed by atoms with Gasteiger partial charge in [-0.1, -0.05) is 6.92 Å². The summed E-state index contributed by atoms with van der Waals surface area (Å²) in [5, 5.41) is 3.41. The van der Waals surface area contributed by atoms with E-state index in [2.05, 4.69) is 17.1 Å². The van der Waals surface area contributed by atoms with Crippen LogP contribution >= 0.6 is 0 Å². The first-order valence-electron chi connectivity index (χ1n) is 8.86. The maximum Gasteiger partial charge on any atom is 0.222 e. The number of nitrogens with zero attached hydrogens (tertiary/aromatic N) is 1. The minimum Gasteiger partial charge on any atom is -0.374 e. The Morgan fingerprint density at radius 3 is 2.38 bits per heavy atom. The fourth-order valence-electron chi connectivity index (χ4n) is 5.15. The Bertz CT molecular complexity index is 390. The summed E-state index contributed by atoms with van der Waals surface area (Å²) < 4.78 is 6.00. The fraction of sp³-hybridized carbons (Fsp3) is 0.941. The molecule has 0 saturated carbocycles. The SMILES string of the molecule is CC(CC(=O)N1CC2C3CCC(O3)C2C1)C1CCNCC1. The molecule has 4 aliphatic heterocycles. The highest BCUT2D eigenvalue weighted by molar-refractivity contribution is 5.76. The predicted molar refractivity (Wildman–Crippen MR) is 80.8 cm³/mol. The van der Waals surface area contributed by atoms with Crippen LogP contribution in [0.4, 0.5) is 0 Å². The smallest absolute Gasteiger partial charge is 0.222 e. The molecule has 21 heavy (non-hydrogen) atoms. The van der Waals surface area contributed by atoms with Gasteiger partial charge in [-0.15, -0.1) is 0 Å². The lowest BCUT2D eigenvalue weighted by molar-refractivity contribution is -0.132. The molecule has 5 atom stereocenters. The number of piperidine rings is 1. The third-order valence-electron chi connectivity index (χ3n) is 6.49. The van der Waals surface area contributed by atoms with Crippen LogP contribution in [0.3, 0.4) is 0 Å². The number of carbonyl (C=O) groups is 1. The molecule has 4 rings (SSSR count). The van der Waals surface area contributed by atoms with Gasteiger partial charge in [0.1, 0.15) is 0 Å². The van der Waals surface area contributed by atoms with E-state index in [0.717, 1.165) is 38.5 Å². The average molecular weight is 292 g/mol. The van der Waals surface area contributed by atoms with Gasteiger partial charge in [-0.05, 0) is 50.6 Å². The van der Waals surface area contributed by atoms with Crippen LogP contribution in [-0.2, 0) is 9.53 Å². The van der Waals surface area contributed by atoms with Gasteiger partial charge in [-0.2, -0.15) is 0 Å². The number of amides is 1. The number of hydrogen-bond donors (Lipinski definition) is 1. The van der Waals surface area contributed by atoms with E-state index >= 15 is 0 Å². The van der Waals surface area contributed by atoms with E-state index in [1.165, 1.54) is 25.7 Å². The van der Waals surface area contributed by atoms with Gasteiger partial charge in [0.05, 0.1) is 12.2 Å². The van der Waals surface area contributed by atoms with Crippen LogP contribution in [0.1, 0.15) is 39.0 Å². The molecule has 0 radical (unpaired) electrons. The van der Waals surface area contributed by atoms with Crippen LogP contribution in [0.5, 0.6) is 0 Å². The number of likely N-dealkylation sites (tertiary alicyclic amines) is 1. The van der Waals surface area contributed by atoms with Crippen LogP contribution in [0.2, 0.25) is 0 Å². The lowest BCUT2D eigenvalue weighted by atomic mass is 9.82. The van der Waals surface area contributed by atoms with Crippen molar-refractivity contribution in [1.82, 2.24) is 10.2 Å². The molecule has 4 saturated heterocycles. The summed E-state index contributed by atoms with van der Waals surface area (Å²) in [5.74, 6) is 2.95. The lowest BCUT2D eigenvalue weighted by Crippen LogP contribution is -2.35. The van der Waals surface area contributed by atoms with Crippen LogP contribution in [0.15, 0.2) is 0 Å². The van der Waals surface area contributed by atoms with Crippen molar-refractivity contribution in [3.63, 3.8) is 0 Å². The zero-order valence-electron chi connectivity index (χ0n) is 13.1. The van der Waals surface area contributed by atoms with Crippen molar-refractivity contribution < 1.29 is 9.53 Å². The topological polar surface area (TPSA) is 41.6 Å². The van der Waals surface area contributed by atoms with E-state index in [4.69, 9.17) is 4.74 Å². The first-order chi connectivity index (χ1) is 10.2. The maximum atomic E-state index is 12.6. The normalized spacial score (nSPS) is 40.5. The number of fused-ring (bicyclic) bond motifs is 5. The third kappa shape index (κ3) is 2.50. The van der Waals surface area contributed by atoms with Crippen molar-refractivity contribution in [2.75, 3.05) is 26.2 Å². The summed E-state index contributed by atoms with van der Waals surface area (Å²) in [7, 11) is 0. The molecule has 0 aliphatic carbocycles. The quantitative estimate of drug-likeness (QED) is 0.860. The van der Waals surface area contributed by atoms with E-state index in [9.17, 15) is 4.79 Å². The highest BCUT2D eigenvalue weighted by Crippen LogP contribution is 2.47. The number of carbonyl (C=O) groups excluding carboxylic acids is 1. The van der Waals surface area contributed by atoms with Crippen molar-refractivity contribution in [1.29, 1.82) is 0 Å². The Labute approximate surface area is 127 Å². The van der Waals surface area contributed by atoms with E-state index < -0.39 is 0 Å². The van der Waals surface area contributed by atoms with Crippen LogP contribution in [-0.4, -0.2) is 49.2 Å². The number of rotatable bonds is 3. The minimum atomic E-state index is 0.398. The van der Waals surface area contributed by atoms with E-state index in [1.54, 1.807) is 0 Å². The second-order valence-corrected chi connectivity index (χ2v) is 7.69. The summed E-state index contributed by atoms with van der Waals surface area (Å²) in [5.41, 5.74) is 0. The van der Waals surface area contributed by atoms with Crippen molar-refractivity contribution in [2.45, 2.75) is 51.2 Å². The third-order valence-corrected chi connectivity index (χ3v) is 6.49. The van der Waals surface area contributed by atoms with Gasteiger partial charge in [-0.3, -0.25) is 4.79 Å². The molecule has 2 bridgehead atoms. The molecule has 5 unspecified atom stereocenters. The van der Waals surface area contributed by atoms with Crippen LogP contribution < -0.4 is 5.32 Å². The Hall–Kier alpha value is -0.610. The van der Waals surface area contributed by atoms with Crippen molar-refractivity contribution >= 4 is 5.91 Å². The van der Waals surface area contributed by atoms with E-state index in [-0.39, 0.29) is 0 Å². The molecule has 1 amide bonds. The van der Waals surface area contributed by atoms with E-state index in [0.29, 0.717) is 35.9 Å². The highest BCUT2D eigenvalue weighted by Gasteiger charge is 2.53. The molecule has 4 nitrogen and oxygen atoms in total. The fourth-order valence-corrected chi connectivity index (χ4v) is 5.15. The van der Waals surface area contributed by atoms with E-state index in [1.807, 2.05) is 0 Å². The second-order valence-electron chi connectivity index (χ2n) is 7.69. The number of nitrogens with one attached hydrogen (secondary N) is 1. The Morgan fingerprint density at radius 1 is 1.14 bits per heavy atom. The van der Waals surface area contributed by atoms with Crippen molar-refractivity contribution in [2.24, 2.45) is 23.7 Å². The second kappa shape index (κ2) is 5.54.